The Labute approximate surface area is 164 Å². The molecule has 0 fully saturated rings. The SMILES string of the molecule is CNCCSO.O=Cc1ccc(COc2ccc(C(F)(F)F)cc2Cl)cc1. The number of benzene rings is 2. The molecule has 0 radical (unpaired) electrons. The summed E-state index contributed by atoms with van der Waals surface area (Å²) in [5.74, 6) is 0.945. The van der Waals surface area contributed by atoms with Crippen molar-refractivity contribution in [3.8, 4) is 5.75 Å². The number of hydrogen-bond donors (Lipinski definition) is 2. The predicted molar refractivity (Wildman–Crippen MR) is 102 cm³/mol. The number of hydrogen-bond acceptors (Lipinski definition) is 5. The first-order valence-electron chi connectivity index (χ1n) is 7.76. The van der Waals surface area contributed by atoms with Crippen molar-refractivity contribution in [2.45, 2.75) is 12.8 Å². The number of halogens is 4. The third kappa shape index (κ3) is 8.66. The second-order valence-electron chi connectivity index (χ2n) is 5.23. The Balaban J connectivity index is 0.000000527. The van der Waals surface area contributed by atoms with Crippen molar-refractivity contribution in [1.29, 1.82) is 0 Å². The minimum absolute atomic E-state index is 0.102. The van der Waals surface area contributed by atoms with Crippen LogP contribution in [0.5, 0.6) is 5.75 Å². The van der Waals surface area contributed by atoms with Gasteiger partial charge in [0.25, 0.3) is 0 Å². The number of nitrogens with one attached hydrogen (secondary N) is 1. The summed E-state index contributed by atoms with van der Waals surface area (Å²) in [7, 11) is 1.86. The van der Waals surface area contributed by atoms with E-state index in [0.29, 0.717) is 5.56 Å². The highest BCUT2D eigenvalue weighted by molar-refractivity contribution is 7.93. The molecule has 0 unspecified atom stereocenters. The molecule has 0 aliphatic rings. The lowest BCUT2D eigenvalue weighted by molar-refractivity contribution is -0.137. The van der Waals surface area contributed by atoms with Crippen LogP contribution in [0.15, 0.2) is 42.5 Å². The van der Waals surface area contributed by atoms with Gasteiger partial charge in [-0.25, -0.2) is 0 Å². The molecule has 0 atom stereocenters. The van der Waals surface area contributed by atoms with Gasteiger partial charge >= 0.3 is 6.18 Å². The van der Waals surface area contributed by atoms with Crippen LogP contribution >= 0.6 is 23.6 Å². The number of carbonyl (C=O) groups is 1. The zero-order valence-electron chi connectivity index (χ0n) is 14.4. The molecule has 0 saturated heterocycles. The van der Waals surface area contributed by atoms with Gasteiger partial charge in [-0.3, -0.25) is 4.79 Å². The molecule has 0 aromatic heterocycles. The molecule has 0 heterocycles. The van der Waals surface area contributed by atoms with E-state index in [2.05, 4.69) is 5.32 Å². The van der Waals surface area contributed by atoms with E-state index in [1.807, 2.05) is 7.05 Å². The first-order valence-corrected chi connectivity index (χ1v) is 9.08. The van der Waals surface area contributed by atoms with Crippen LogP contribution in [0.4, 0.5) is 13.2 Å². The maximum atomic E-state index is 12.5. The molecule has 0 amide bonds. The van der Waals surface area contributed by atoms with Gasteiger partial charge in [0, 0.05) is 17.9 Å². The first-order chi connectivity index (χ1) is 12.8. The summed E-state index contributed by atoms with van der Waals surface area (Å²) in [4.78, 5) is 10.5. The van der Waals surface area contributed by atoms with E-state index in [0.717, 1.165) is 48.3 Å². The van der Waals surface area contributed by atoms with E-state index >= 15 is 0 Å². The van der Waals surface area contributed by atoms with Crippen LogP contribution in [-0.4, -0.2) is 30.2 Å². The van der Waals surface area contributed by atoms with Crippen molar-refractivity contribution in [3.63, 3.8) is 0 Å². The fourth-order valence-electron chi connectivity index (χ4n) is 1.80. The summed E-state index contributed by atoms with van der Waals surface area (Å²) in [5.41, 5.74) is 0.484. The highest BCUT2D eigenvalue weighted by atomic mass is 35.5. The van der Waals surface area contributed by atoms with Crippen LogP contribution in [-0.2, 0) is 12.8 Å². The number of aldehydes is 1. The van der Waals surface area contributed by atoms with E-state index in [-0.39, 0.29) is 17.4 Å². The Morgan fingerprint density at radius 3 is 2.33 bits per heavy atom. The van der Waals surface area contributed by atoms with Gasteiger partial charge in [0.2, 0.25) is 0 Å². The second kappa shape index (κ2) is 11.9. The fourth-order valence-corrected chi connectivity index (χ4v) is 2.33. The molecule has 2 aromatic rings. The van der Waals surface area contributed by atoms with Crippen LogP contribution in [0.3, 0.4) is 0 Å². The Bertz CT molecular complexity index is 708. The van der Waals surface area contributed by atoms with Crippen LogP contribution in [0.25, 0.3) is 0 Å². The van der Waals surface area contributed by atoms with Gasteiger partial charge in [-0.05, 0) is 42.9 Å². The van der Waals surface area contributed by atoms with Gasteiger partial charge in [-0.15, -0.1) is 0 Å². The zero-order valence-corrected chi connectivity index (χ0v) is 16.0. The summed E-state index contributed by atoms with van der Waals surface area (Å²) in [5, 5.41) is 2.79. The average Bonchev–Trinajstić information content (AvgIpc) is 2.65. The highest BCUT2D eigenvalue weighted by Gasteiger charge is 2.31. The second-order valence-corrected chi connectivity index (χ2v) is 6.30. The average molecular weight is 422 g/mol. The maximum absolute atomic E-state index is 12.5. The summed E-state index contributed by atoms with van der Waals surface area (Å²) in [6.07, 6.45) is -3.72. The standard InChI is InChI=1S/C15H10ClF3O2.C3H9NOS/c16-13-7-12(15(17,18)19)5-6-14(13)21-9-11-3-1-10(8-20)2-4-11;1-4-2-3-6-5/h1-8H,9H2;4-5H,2-3H2,1H3. The lowest BCUT2D eigenvalue weighted by atomic mass is 10.1. The zero-order chi connectivity index (χ0) is 20.3. The van der Waals surface area contributed by atoms with E-state index in [1.54, 1.807) is 24.3 Å². The molecule has 0 aliphatic carbocycles. The highest BCUT2D eigenvalue weighted by Crippen LogP contribution is 2.34. The summed E-state index contributed by atoms with van der Waals surface area (Å²) >= 11 is 6.64. The van der Waals surface area contributed by atoms with Crippen LogP contribution in [0.2, 0.25) is 5.02 Å². The Morgan fingerprint density at radius 2 is 1.89 bits per heavy atom. The lowest BCUT2D eigenvalue weighted by Crippen LogP contribution is -2.09. The molecule has 0 aliphatic heterocycles. The Hall–Kier alpha value is -1.74. The number of carbonyl (C=O) groups excluding carboxylic acids is 1. The third-order valence-corrected chi connectivity index (χ3v) is 3.89. The monoisotopic (exact) mass is 421 g/mol. The topological polar surface area (TPSA) is 58.6 Å². The summed E-state index contributed by atoms with van der Waals surface area (Å²) < 4.78 is 50.9. The predicted octanol–water partition coefficient (Wildman–Crippen LogP) is 5.16. The normalized spacial score (nSPS) is 10.7. The van der Waals surface area contributed by atoms with Gasteiger partial charge in [-0.2, -0.15) is 13.2 Å². The molecule has 2 N–H and O–H groups in total. The Kier molecular flexibility index (Phi) is 10.2. The molecule has 0 bridgehead atoms. The molecule has 148 valence electrons. The number of ether oxygens (including phenoxy) is 1. The quantitative estimate of drug-likeness (QED) is 0.367. The fraction of sp³-hybridized carbons (Fsp3) is 0.278. The van der Waals surface area contributed by atoms with Gasteiger partial charge in [0.15, 0.2) is 0 Å². The summed E-state index contributed by atoms with van der Waals surface area (Å²) in [6, 6.07) is 9.57. The first kappa shape index (κ1) is 23.3. The molecular formula is C18H19ClF3NO3S. The van der Waals surface area contributed by atoms with Crippen molar-refractivity contribution in [2.24, 2.45) is 0 Å². The van der Waals surface area contributed by atoms with Crippen molar-refractivity contribution in [3.05, 3.63) is 64.2 Å². The van der Waals surface area contributed by atoms with Gasteiger partial charge in [-0.1, -0.05) is 35.9 Å². The van der Waals surface area contributed by atoms with Crippen LogP contribution in [0, 0.1) is 0 Å². The van der Waals surface area contributed by atoms with E-state index < -0.39 is 11.7 Å². The van der Waals surface area contributed by atoms with E-state index in [1.165, 1.54) is 6.07 Å². The molecule has 2 rings (SSSR count). The molecule has 4 nitrogen and oxygen atoms in total. The van der Waals surface area contributed by atoms with Gasteiger partial charge in [0.1, 0.15) is 18.6 Å². The van der Waals surface area contributed by atoms with Crippen LogP contribution < -0.4 is 10.1 Å². The van der Waals surface area contributed by atoms with Gasteiger partial charge in [0.05, 0.1) is 10.6 Å². The maximum Gasteiger partial charge on any atom is 0.416 e. The molecule has 2 aromatic carbocycles. The molecular weight excluding hydrogens is 403 g/mol. The van der Waals surface area contributed by atoms with Crippen molar-refractivity contribution in [1.82, 2.24) is 5.32 Å². The molecule has 9 heteroatoms. The minimum Gasteiger partial charge on any atom is -0.487 e. The van der Waals surface area contributed by atoms with Crippen LogP contribution in [0.1, 0.15) is 21.5 Å². The third-order valence-electron chi connectivity index (χ3n) is 3.21. The number of rotatable bonds is 7. The molecule has 0 saturated carbocycles. The largest absolute Gasteiger partial charge is 0.487 e. The van der Waals surface area contributed by atoms with E-state index in [9.17, 15) is 18.0 Å². The van der Waals surface area contributed by atoms with E-state index in [4.69, 9.17) is 20.9 Å². The van der Waals surface area contributed by atoms with Crippen molar-refractivity contribution >= 4 is 29.9 Å². The molecule has 0 spiro atoms. The lowest BCUT2D eigenvalue weighted by Gasteiger charge is -2.11. The van der Waals surface area contributed by atoms with Gasteiger partial charge < -0.3 is 14.6 Å². The van der Waals surface area contributed by atoms with Crippen molar-refractivity contribution < 1.29 is 27.3 Å². The Morgan fingerprint density at radius 1 is 1.22 bits per heavy atom. The smallest absolute Gasteiger partial charge is 0.416 e. The molecule has 27 heavy (non-hydrogen) atoms. The minimum atomic E-state index is -4.44. The van der Waals surface area contributed by atoms with Crippen molar-refractivity contribution in [2.75, 3.05) is 19.3 Å². The summed E-state index contributed by atoms with van der Waals surface area (Å²) in [6.45, 7) is 1.02. The number of alkyl halides is 3.